The molecule has 1 aromatic rings. The summed E-state index contributed by atoms with van der Waals surface area (Å²) in [6.07, 6.45) is 0. The van der Waals surface area contributed by atoms with Crippen molar-refractivity contribution in [3.05, 3.63) is 17.0 Å². The Bertz CT molecular complexity index is 270. The molecule has 1 N–H and O–H groups in total. The third-order valence-electron chi connectivity index (χ3n) is 2.28. The Labute approximate surface area is 79.5 Å². The fourth-order valence-corrected chi connectivity index (χ4v) is 1.91. The summed E-state index contributed by atoms with van der Waals surface area (Å²) < 4.78 is 5.14. The molecule has 0 amide bonds. The number of hydrogen-bond donors (Lipinski definition) is 1. The van der Waals surface area contributed by atoms with E-state index in [-0.39, 0.29) is 5.54 Å². The summed E-state index contributed by atoms with van der Waals surface area (Å²) in [6, 6.07) is 0. The van der Waals surface area contributed by atoms with Crippen molar-refractivity contribution in [2.45, 2.75) is 40.2 Å². The minimum atomic E-state index is -0.0527. The summed E-state index contributed by atoms with van der Waals surface area (Å²) >= 11 is 0. The monoisotopic (exact) mass is 182 g/mol. The van der Waals surface area contributed by atoms with Crippen LogP contribution in [0.2, 0.25) is 0 Å². The molecule has 0 bridgehead atoms. The van der Waals surface area contributed by atoms with Crippen LogP contribution in [0, 0.1) is 13.8 Å². The molecule has 0 saturated heterocycles. The lowest BCUT2D eigenvalue weighted by Gasteiger charge is -2.25. The summed E-state index contributed by atoms with van der Waals surface area (Å²) in [7, 11) is 0. The number of aromatic nitrogens is 1. The first-order chi connectivity index (χ1) is 5.99. The first-order valence-electron chi connectivity index (χ1n) is 4.67. The molecule has 0 aliphatic heterocycles. The molecule has 0 aliphatic carbocycles. The second kappa shape index (κ2) is 3.50. The third-order valence-corrected chi connectivity index (χ3v) is 2.28. The number of rotatable bonds is 3. The summed E-state index contributed by atoms with van der Waals surface area (Å²) in [6.45, 7) is 11.3. The molecule has 1 heterocycles. The van der Waals surface area contributed by atoms with Crippen molar-refractivity contribution in [1.29, 1.82) is 0 Å². The normalized spacial score (nSPS) is 12.1. The van der Waals surface area contributed by atoms with Crippen molar-refractivity contribution in [2.75, 3.05) is 6.54 Å². The van der Waals surface area contributed by atoms with Gasteiger partial charge in [-0.3, -0.25) is 0 Å². The summed E-state index contributed by atoms with van der Waals surface area (Å²) in [5.41, 5.74) is 2.10. The number of hydrogen-bond acceptors (Lipinski definition) is 3. The third kappa shape index (κ3) is 1.91. The van der Waals surface area contributed by atoms with Crippen LogP contribution in [0.25, 0.3) is 0 Å². The number of nitrogens with one attached hydrogen (secondary N) is 1. The van der Waals surface area contributed by atoms with Crippen molar-refractivity contribution >= 4 is 0 Å². The van der Waals surface area contributed by atoms with Gasteiger partial charge in [-0.1, -0.05) is 12.1 Å². The van der Waals surface area contributed by atoms with E-state index >= 15 is 0 Å². The molecule has 0 unspecified atom stereocenters. The van der Waals surface area contributed by atoms with Gasteiger partial charge in [-0.25, -0.2) is 0 Å². The molecule has 0 aromatic carbocycles. The van der Waals surface area contributed by atoms with E-state index in [1.807, 2.05) is 13.8 Å². The molecule has 3 nitrogen and oxygen atoms in total. The zero-order valence-corrected chi connectivity index (χ0v) is 9.06. The van der Waals surface area contributed by atoms with E-state index in [1.165, 1.54) is 5.56 Å². The Morgan fingerprint density at radius 1 is 1.38 bits per heavy atom. The molecular formula is C10H18N2O. The van der Waals surface area contributed by atoms with Crippen molar-refractivity contribution in [1.82, 2.24) is 10.5 Å². The van der Waals surface area contributed by atoms with Gasteiger partial charge in [0.2, 0.25) is 0 Å². The van der Waals surface area contributed by atoms with E-state index in [9.17, 15) is 0 Å². The lowest BCUT2D eigenvalue weighted by atomic mass is 9.93. The van der Waals surface area contributed by atoms with Crippen molar-refractivity contribution in [3.63, 3.8) is 0 Å². The zero-order valence-electron chi connectivity index (χ0n) is 9.06. The lowest BCUT2D eigenvalue weighted by molar-refractivity contribution is 0.377. The number of aryl methyl sites for hydroxylation is 2. The van der Waals surface area contributed by atoms with Gasteiger partial charge in [0.25, 0.3) is 0 Å². The maximum Gasteiger partial charge on any atom is 0.138 e. The predicted octanol–water partition coefficient (Wildman–Crippen LogP) is 2.14. The van der Waals surface area contributed by atoms with Crippen molar-refractivity contribution in [3.8, 4) is 0 Å². The Morgan fingerprint density at radius 3 is 2.38 bits per heavy atom. The van der Waals surface area contributed by atoms with E-state index in [2.05, 4.69) is 31.2 Å². The summed E-state index contributed by atoms with van der Waals surface area (Å²) in [4.78, 5) is 0. The molecule has 0 saturated carbocycles. The van der Waals surface area contributed by atoms with Crippen LogP contribution in [0.5, 0.6) is 0 Å². The second-order valence-electron chi connectivity index (χ2n) is 3.85. The molecule has 74 valence electrons. The van der Waals surface area contributed by atoms with Gasteiger partial charge in [0.15, 0.2) is 0 Å². The van der Waals surface area contributed by atoms with Gasteiger partial charge < -0.3 is 9.84 Å². The Balaban J connectivity index is 3.05. The van der Waals surface area contributed by atoms with Crippen LogP contribution in [0.15, 0.2) is 4.52 Å². The van der Waals surface area contributed by atoms with Gasteiger partial charge in [0.1, 0.15) is 5.76 Å². The molecule has 13 heavy (non-hydrogen) atoms. The zero-order chi connectivity index (χ0) is 10.1. The molecule has 0 atom stereocenters. The van der Waals surface area contributed by atoms with Crippen LogP contribution in [0.4, 0.5) is 0 Å². The van der Waals surface area contributed by atoms with Gasteiger partial charge in [-0.15, -0.1) is 0 Å². The Morgan fingerprint density at radius 2 is 2.00 bits per heavy atom. The highest BCUT2D eigenvalue weighted by Crippen LogP contribution is 2.26. The Kier molecular flexibility index (Phi) is 2.76. The smallest absolute Gasteiger partial charge is 0.138 e. The van der Waals surface area contributed by atoms with E-state index < -0.39 is 0 Å². The fourth-order valence-electron chi connectivity index (χ4n) is 1.91. The molecular weight excluding hydrogens is 164 g/mol. The molecule has 3 heteroatoms. The van der Waals surface area contributed by atoms with E-state index in [0.29, 0.717) is 0 Å². The average Bonchev–Trinajstić information content (AvgIpc) is 2.31. The fraction of sp³-hybridized carbons (Fsp3) is 0.700. The largest absolute Gasteiger partial charge is 0.361 e. The van der Waals surface area contributed by atoms with E-state index in [4.69, 9.17) is 4.52 Å². The molecule has 1 rings (SSSR count). The molecule has 0 spiro atoms. The van der Waals surface area contributed by atoms with Gasteiger partial charge in [-0.05, 0) is 34.2 Å². The van der Waals surface area contributed by atoms with E-state index in [0.717, 1.165) is 18.0 Å². The van der Waals surface area contributed by atoms with Crippen molar-refractivity contribution < 1.29 is 4.52 Å². The van der Waals surface area contributed by atoms with Crippen LogP contribution in [-0.4, -0.2) is 11.7 Å². The maximum absolute atomic E-state index is 5.14. The van der Waals surface area contributed by atoms with Gasteiger partial charge in [-0.2, -0.15) is 0 Å². The van der Waals surface area contributed by atoms with Crippen LogP contribution in [-0.2, 0) is 5.54 Å². The number of nitrogens with zero attached hydrogens (tertiary/aromatic N) is 1. The SMILES string of the molecule is CCNC(C)(C)c1c(C)noc1C. The van der Waals surface area contributed by atoms with Gasteiger partial charge in [0.05, 0.1) is 5.69 Å². The summed E-state index contributed by atoms with van der Waals surface area (Å²) in [5, 5.41) is 7.36. The van der Waals surface area contributed by atoms with Gasteiger partial charge >= 0.3 is 0 Å². The Hall–Kier alpha value is -0.830. The maximum atomic E-state index is 5.14. The highest BCUT2D eigenvalue weighted by Gasteiger charge is 2.26. The van der Waals surface area contributed by atoms with E-state index in [1.54, 1.807) is 0 Å². The quantitative estimate of drug-likeness (QED) is 0.778. The van der Waals surface area contributed by atoms with Crippen LogP contribution >= 0.6 is 0 Å². The molecule has 1 aromatic heterocycles. The highest BCUT2D eigenvalue weighted by molar-refractivity contribution is 5.28. The average molecular weight is 182 g/mol. The standard InChI is InChI=1S/C10H18N2O/c1-6-11-10(4,5)9-7(2)12-13-8(9)3/h11H,6H2,1-5H3. The lowest BCUT2D eigenvalue weighted by Crippen LogP contribution is -2.37. The molecule has 0 radical (unpaired) electrons. The van der Waals surface area contributed by atoms with Crippen LogP contribution < -0.4 is 5.32 Å². The highest BCUT2D eigenvalue weighted by atomic mass is 16.5. The summed E-state index contributed by atoms with van der Waals surface area (Å²) in [5.74, 6) is 0.906. The predicted molar refractivity (Wildman–Crippen MR) is 52.7 cm³/mol. The minimum Gasteiger partial charge on any atom is -0.361 e. The second-order valence-corrected chi connectivity index (χ2v) is 3.85. The first kappa shape index (κ1) is 10.3. The molecule has 0 fully saturated rings. The molecule has 0 aliphatic rings. The van der Waals surface area contributed by atoms with Crippen LogP contribution in [0.1, 0.15) is 37.8 Å². The topological polar surface area (TPSA) is 38.1 Å². The van der Waals surface area contributed by atoms with Crippen molar-refractivity contribution in [2.24, 2.45) is 0 Å². The minimum absolute atomic E-state index is 0.0527. The first-order valence-corrected chi connectivity index (χ1v) is 4.67. The van der Waals surface area contributed by atoms with Crippen LogP contribution in [0.3, 0.4) is 0 Å². The van der Waals surface area contributed by atoms with Gasteiger partial charge in [0, 0.05) is 11.1 Å².